The Morgan fingerprint density at radius 1 is 1.16 bits per heavy atom. The van der Waals surface area contributed by atoms with Crippen molar-refractivity contribution in [3.05, 3.63) is 57.9 Å². The summed E-state index contributed by atoms with van der Waals surface area (Å²) in [6.07, 6.45) is -0.975. The van der Waals surface area contributed by atoms with Gasteiger partial charge in [-0.3, -0.25) is 4.79 Å². The summed E-state index contributed by atoms with van der Waals surface area (Å²) in [6.45, 7) is 0.336. The minimum absolute atomic E-state index is 0.0919. The Bertz CT molecular complexity index is 868. The second kappa shape index (κ2) is 6.72. The molecule has 1 aliphatic heterocycles. The van der Waals surface area contributed by atoms with Gasteiger partial charge in [0.1, 0.15) is 5.82 Å². The minimum atomic E-state index is -1.05. The van der Waals surface area contributed by atoms with Crippen molar-refractivity contribution < 1.29 is 24.2 Å². The number of halogens is 2. The Morgan fingerprint density at radius 3 is 2.60 bits per heavy atom. The highest BCUT2D eigenvalue weighted by Crippen LogP contribution is 2.34. The van der Waals surface area contributed by atoms with Crippen LogP contribution in [0.4, 0.5) is 9.18 Å². The Kier molecular flexibility index (Phi) is 4.63. The zero-order valence-electron chi connectivity index (χ0n) is 13.1. The van der Waals surface area contributed by atoms with Crippen molar-refractivity contribution in [2.24, 2.45) is 0 Å². The molecule has 0 aromatic heterocycles. The molecule has 1 aliphatic rings. The molecule has 7 heteroatoms. The van der Waals surface area contributed by atoms with E-state index >= 15 is 0 Å². The molecule has 0 bridgehead atoms. The third-order valence-electron chi connectivity index (χ3n) is 4.32. The quantitative estimate of drug-likeness (QED) is 0.869. The number of hydrogen-bond donors (Lipinski definition) is 2. The van der Waals surface area contributed by atoms with Crippen LogP contribution < -0.4 is 0 Å². The molecule has 1 amide bonds. The average Bonchev–Trinajstić information content (AvgIpc) is 2.56. The predicted octanol–water partition coefficient (Wildman–Crippen LogP) is 3.81. The van der Waals surface area contributed by atoms with E-state index in [0.29, 0.717) is 39.3 Å². The number of carboxylic acid groups (broad SMARTS) is 2. The fraction of sp³-hybridized carbons (Fsp3) is 0.222. The van der Waals surface area contributed by atoms with Crippen LogP contribution in [0.5, 0.6) is 0 Å². The zero-order chi connectivity index (χ0) is 18.1. The number of nitrogens with zero attached hydrogens (tertiary/aromatic N) is 1. The van der Waals surface area contributed by atoms with Crippen LogP contribution in [0.2, 0.25) is 5.02 Å². The molecule has 3 rings (SSSR count). The van der Waals surface area contributed by atoms with Gasteiger partial charge in [0.25, 0.3) is 0 Å². The molecule has 1 heterocycles. The van der Waals surface area contributed by atoms with Crippen LogP contribution in [0.1, 0.15) is 16.7 Å². The molecular formula is C18H15ClFNO4. The van der Waals surface area contributed by atoms with Gasteiger partial charge in [0, 0.05) is 18.1 Å². The number of aliphatic carboxylic acids is 1. The first-order chi connectivity index (χ1) is 11.9. The average molecular weight is 364 g/mol. The summed E-state index contributed by atoms with van der Waals surface area (Å²) >= 11 is 6.05. The number of fused-ring (bicyclic) bond motifs is 1. The fourth-order valence-corrected chi connectivity index (χ4v) is 3.29. The monoisotopic (exact) mass is 363 g/mol. The SMILES string of the molecule is O=C(O)Cc1cc(-c2ccc(F)c3c2CN(C(=O)O)CC3)ccc1Cl. The lowest BCUT2D eigenvalue weighted by atomic mass is 9.90. The van der Waals surface area contributed by atoms with E-state index in [1.165, 1.54) is 11.0 Å². The number of rotatable bonds is 3. The van der Waals surface area contributed by atoms with Crippen LogP contribution in [-0.4, -0.2) is 33.7 Å². The lowest BCUT2D eigenvalue weighted by molar-refractivity contribution is -0.136. The van der Waals surface area contributed by atoms with Crippen LogP contribution in [0.3, 0.4) is 0 Å². The summed E-state index contributed by atoms with van der Waals surface area (Å²) < 4.78 is 14.1. The van der Waals surface area contributed by atoms with Gasteiger partial charge in [0.2, 0.25) is 0 Å². The number of hydrogen-bond acceptors (Lipinski definition) is 2. The molecule has 0 radical (unpaired) electrons. The van der Waals surface area contributed by atoms with Gasteiger partial charge in [-0.15, -0.1) is 0 Å². The van der Waals surface area contributed by atoms with Gasteiger partial charge in [-0.25, -0.2) is 9.18 Å². The van der Waals surface area contributed by atoms with Gasteiger partial charge in [0.15, 0.2) is 0 Å². The number of carboxylic acids is 1. The van der Waals surface area contributed by atoms with Crippen molar-refractivity contribution in [2.45, 2.75) is 19.4 Å². The standard InChI is InChI=1S/C18H15ClFNO4/c19-15-3-1-10(7-11(15)8-17(22)23)12-2-4-16(20)13-5-6-21(18(24)25)9-14(12)13/h1-4,7H,5-6,8-9H2,(H,22,23)(H,24,25). The summed E-state index contributed by atoms with van der Waals surface area (Å²) in [5.74, 6) is -1.36. The molecule has 0 fully saturated rings. The van der Waals surface area contributed by atoms with E-state index in [-0.39, 0.29) is 25.3 Å². The third-order valence-corrected chi connectivity index (χ3v) is 4.69. The molecule has 0 aliphatic carbocycles. The lowest BCUT2D eigenvalue weighted by Gasteiger charge is -2.28. The molecule has 2 N–H and O–H groups in total. The summed E-state index contributed by atoms with van der Waals surface area (Å²) in [6, 6.07) is 7.93. The maximum Gasteiger partial charge on any atom is 0.407 e. The number of carbonyl (C=O) groups is 2. The Morgan fingerprint density at radius 2 is 1.92 bits per heavy atom. The van der Waals surface area contributed by atoms with Crippen molar-refractivity contribution in [3.8, 4) is 11.1 Å². The van der Waals surface area contributed by atoms with Crippen molar-refractivity contribution in [2.75, 3.05) is 6.54 Å². The van der Waals surface area contributed by atoms with E-state index in [1.54, 1.807) is 24.3 Å². The van der Waals surface area contributed by atoms with Crippen LogP contribution in [0.25, 0.3) is 11.1 Å². The van der Waals surface area contributed by atoms with Crippen LogP contribution in [-0.2, 0) is 24.2 Å². The van der Waals surface area contributed by atoms with E-state index in [9.17, 15) is 19.1 Å². The van der Waals surface area contributed by atoms with Crippen LogP contribution in [0, 0.1) is 5.82 Å². The minimum Gasteiger partial charge on any atom is -0.481 e. The molecule has 2 aromatic carbocycles. The first-order valence-corrected chi connectivity index (χ1v) is 8.03. The van der Waals surface area contributed by atoms with Crippen molar-refractivity contribution in [1.29, 1.82) is 0 Å². The largest absolute Gasteiger partial charge is 0.481 e. The fourth-order valence-electron chi connectivity index (χ4n) is 3.11. The van der Waals surface area contributed by atoms with Gasteiger partial charge >= 0.3 is 12.1 Å². The summed E-state index contributed by atoms with van der Waals surface area (Å²) in [4.78, 5) is 23.5. The molecule has 2 aromatic rings. The number of amides is 1. The van der Waals surface area contributed by atoms with Crippen LogP contribution in [0.15, 0.2) is 30.3 Å². The maximum absolute atomic E-state index is 14.1. The molecule has 0 atom stereocenters. The van der Waals surface area contributed by atoms with Crippen LogP contribution >= 0.6 is 11.6 Å². The predicted molar refractivity (Wildman–Crippen MR) is 90.3 cm³/mol. The maximum atomic E-state index is 14.1. The Hall–Kier alpha value is -2.60. The Balaban J connectivity index is 2.10. The van der Waals surface area contributed by atoms with Gasteiger partial charge in [-0.05, 0) is 52.4 Å². The molecule has 130 valence electrons. The highest BCUT2D eigenvalue weighted by molar-refractivity contribution is 6.31. The first-order valence-electron chi connectivity index (χ1n) is 7.65. The van der Waals surface area contributed by atoms with E-state index < -0.39 is 12.1 Å². The molecule has 5 nitrogen and oxygen atoms in total. The summed E-state index contributed by atoms with van der Waals surface area (Å²) in [5, 5.41) is 18.6. The van der Waals surface area contributed by atoms with E-state index in [1.807, 2.05) is 0 Å². The van der Waals surface area contributed by atoms with Crippen molar-refractivity contribution >= 4 is 23.7 Å². The molecular weight excluding hydrogens is 349 g/mol. The third kappa shape index (κ3) is 3.44. The molecule has 25 heavy (non-hydrogen) atoms. The Labute approximate surface area is 148 Å². The first kappa shape index (κ1) is 17.2. The smallest absolute Gasteiger partial charge is 0.407 e. The molecule has 0 unspecified atom stereocenters. The van der Waals surface area contributed by atoms with Gasteiger partial charge in [-0.2, -0.15) is 0 Å². The lowest BCUT2D eigenvalue weighted by Crippen LogP contribution is -2.35. The van der Waals surface area contributed by atoms with Gasteiger partial charge < -0.3 is 15.1 Å². The van der Waals surface area contributed by atoms with Gasteiger partial charge in [-0.1, -0.05) is 23.7 Å². The van der Waals surface area contributed by atoms with E-state index in [4.69, 9.17) is 16.7 Å². The summed E-state index contributed by atoms with van der Waals surface area (Å²) in [7, 11) is 0. The molecule has 0 spiro atoms. The van der Waals surface area contributed by atoms with E-state index in [0.717, 1.165) is 0 Å². The second-order valence-electron chi connectivity index (χ2n) is 5.88. The van der Waals surface area contributed by atoms with Crippen molar-refractivity contribution in [1.82, 2.24) is 4.90 Å². The molecule has 0 saturated heterocycles. The highest BCUT2D eigenvalue weighted by atomic mass is 35.5. The normalized spacial score (nSPS) is 13.4. The topological polar surface area (TPSA) is 77.8 Å². The van der Waals surface area contributed by atoms with E-state index in [2.05, 4.69) is 0 Å². The van der Waals surface area contributed by atoms with Crippen molar-refractivity contribution in [3.63, 3.8) is 0 Å². The summed E-state index contributed by atoms with van der Waals surface area (Å²) in [5.41, 5.74) is 2.94. The van der Waals surface area contributed by atoms with Gasteiger partial charge in [0.05, 0.1) is 6.42 Å². The second-order valence-corrected chi connectivity index (χ2v) is 6.29. The highest BCUT2D eigenvalue weighted by Gasteiger charge is 2.25. The zero-order valence-corrected chi connectivity index (χ0v) is 13.9. The number of benzene rings is 2. The molecule has 0 saturated carbocycles.